The molecule has 0 aliphatic carbocycles. The second kappa shape index (κ2) is 8.45. The number of rotatable bonds is 8. The van der Waals surface area contributed by atoms with Crippen molar-refractivity contribution in [3.63, 3.8) is 0 Å². The number of nitrogens with one attached hydrogen (secondary N) is 1. The van der Waals surface area contributed by atoms with Gasteiger partial charge >= 0.3 is 5.69 Å². The van der Waals surface area contributed by atoms with Gasteiger partial charge in [0, 0.05) is 32.4 Å². The summed E-state index contributed by atoms with van der Waals surface area (Å²) in [6, 6.07) is 10.9. The van der Waals surface area contributed by atoms with Gasteiger partial charge in [-0.25, -0.2) is 4.79 Å². The van der Waals surface area contributed by atoms with E-state index in [0.717, 1.165) is 17.3 Å². The molecule has 0 unspecified atom stereocenters. The maximum Gasteiger partial charge on any atom is 0.330 e. The summed E-state index contributed by atoms with van der Waals surface area (Å²) in [6.07, 6.45) is 1.12. The molecule has 6 heteroatoms. The lowest BCUT2D eigenvalue weighted by Crippen LogP contribution is -2.36. The zero-order valence-corrected chi connectivity index (χ0v) is 16.6. The van der Waals surface area contributed by atoms with Gasteiger partial charge in [0.1, 0.15) is 6.73 Å². The van der Waals surface area contributed by atoms with Gasteiger partial charge in [0.25, 0.3) is 5.56 Å². The molecule has 0 aliphatic heterocycles. The molecule has 0 fully saturated rings. The first-order valence-electron chi connectivity index (χ1n) is 8.78. The van der Waals surface area contributed by atoms with Gasteiger partial charge in [-0.05, 0) is 18.0 Å². The van der Waals surface area contributed by atoms with Crippen LogP contribution in [-0.4, -0.2) is 24.2 Å². The van der Waals surface area contributed by atoms with E-state index in [1.54, 1.807) is 4.57 Å². The lowest BCUT2D eigenvalue weighted by molar-refractivity contribution is 0.0816. The van der Waals surface area contributed by atoms with E-state index in [1.165, 1.54) is 0 Å². The first-order valence-corrected chi connectivity index (χ1v) is 12.5. The number of H-pyrrole nitrogens is 1. The number of aromatic amines is 1. The summed E-state index contributed by atoms with van der Waals surface area (Å²) in [7, 11) is -1.18. The lowest BCUT2D eigenvalue weighted by Gasteiger charge is -2.18. The highest BCUT2D eigenvalue weighted by molar-refractivity contribution is 6.76. The van der Waals surface area contributed by atoms with Gasteiger partial charge in [-0.1, -0.05) is 56.9 Å². The Morgan fingerprint density at radius 3 is 2.40 bits per heavy atom. The molecule has 1 heterocycles. The highest BCUT2D eigenvalue weighted by Crippen LogP contribution is 2.12. The van der Waals surface area contributed by atoms with E-state index in [2.05, 4.69) is 24.6 Å². The molecule has 136 valence electrons. The standard InChI is InChI=1S/C19H28N2O3Si/c1-5-16-17(13-15-9-7-6-8-10-15)21(19(23)20-18(16)22)14-24-11-12-25(2,3)4/h6-10H,5,11-14H2,1-4H3,(H,20,22,23). The second-order valence-corrected chi connectivity index (χ2v) is 13.1. The quantitative estimate of drug-likeness (QED) is 0.581. The van der Waals surface area contributed by atoms with Crippen molar-refractivity contribution >= 4 is 8.07 Å². The minimum Gasteiger partial charge on any atom is -0.361 e. The molecule has 0 spiro atoms. The topological polar surface area (TPSA) is 64.1 Å². The van der Waals surface area contributed by atoms with E-state index < -0.39 is 13.8 Å². The molecule has 0 saturated heterocycles. The molecule has 25 heavy (non-hydrogen) atoms. The van der Waals surface area contributed by atoms with Crippen molar-refractivity contribution in [3.05, 3.63) is 68.0 Å². The number of nitrogens with zero attached hydrogens (tertiary/aromatic N) is 1. The molecule has 5 nitrogen and oxygen atoms in total. The molecule has 0 saturated carbocycles. The third-order valence-electron chi connectivity index (χ3n) is 4.20. The predicted octanol–water partition coefficient (Wildman–Crippen LogP) is 3.00. The Bertz CT molecular complexity index is 804. The van der Waals surface area contributed by atoms with Crippen LogP contribution in [0.15, 0.2) is 39.9 Å². The summed E-state index contributed by atoms with van der Waals surface area (Å²) in [5.41, 5.74) is 1.77. The Kier molecular flexibility index (Phi) is 6.55. The van der Waals surface area contributed by atoms with Crippen LogP contribution in [0.2, 0.25) is 25.7 Å². The van der Waals surface area contributed by atoms with E-state index in [4.69, 9.17) is 4.74 Å². The highest BCUT2D eigenvalue weighted by atomic mass is 28.3. The van der Waals surface area contributed by atoms with E-state index in [9.17, 15) is 9.59 Å². The summed E-state index contributed by atoms with van der Waals surface area (Å²) in [4.78, 5) is 27.0. The van der Waals surface area contributed by atoms with Crippen molar-refractivity contribution in [2.45, 2.75) is 52.2 Å². The zero-order chi connectivity index (χ0) is 18.4. The van der Waals surface area contributed by atoms with Crippen molar-refractivity contribution < 1.29 is 4.74 Å². The molecule has 1 aromatic carbocycles. The van der Waals surface area contributed by atoms with Crippen LogP contribution in [0.25, 0.3) is 0 Å². The fourth-order valence-corrected chi connectivity index (χ4v) is 3.44. The molecule has 0 aliphatic rings. The van der Waals surface area contributed by atoms with Crippen molar-refractivity contribution in [1.82, 2.24) is 9.55 Å². The van der Waals surface area contributed by atoms with Crippen LogP contribution < -0.4 is 11.2 Å². The van der Waals surface area contributed by atoms with E-state index in [-0.39, 0.29) is 12.3 Å². The molecule has 2 rings (SSSR count). The average Bonchev–Trinajstić information content (AvgIpc) is 2.54. The van der Waals surface area contributed by atoms with E-state index >= 15 is 0 Å². The van der Waals surface area contributed by atoms with Gasteiger partial charge in [0.2, 0.25) is 0 Å². The van der Waals surface area contributed by atoms with Crippen LogP contribution in [0.5, 0.6) is 0 Å². The lowest BCUT2D eigenvalue weighted by atomic mass is 10.0. The van der Waals surface area contributed by atoms with Crippen LogP contribution in [0, 0.1) is 0 Å². The fraction of sp³-hybridized carbons (Fsp3) is 0.474. The summed E-state index contributed by atoms with van der Waals surface area (Å²) < 4.78 is 7.34. The molecule has 1 aromatic heterocycles. The Morgan fingerprint density at radius 2 is 1.80 bits per heavy atom. The SMILES string of the molecule is CCc1c(Cc2ccccc2)n(COCC[Si](C)(C)C)c(=O)[nH]c1=O. The van der Waals surface area contributed by atoms with Gasteiger partial charge < -0.3 is 4.74 Å². The average molecular weight is 361 g/mol. The molecule has 1 N–H and O–H groups in total. The summed E-state index contributed by atoms with van der Waals surface area (Å²) in [5, 5.41) is 0. The van der Waals surface area contributed by atoms with Crippen molar-refractivity contribution in [2.24, 2.45) is 0 Å². The molecular weight excluding hydrogens is 332 g/mol. The molecule has 0 atom stereocenters. The number of hydrogen-bond acceptors (Lipinski definition) is 3. The monoisotopic (exact) mass is 360 g/mol. The molecule has 2 aromatic rings. The summed E-state index contributed by atoms with van der Waals surface area (Å²) in [6.45, 7) is 9.61. The van der Waals surface area contributed by atoms with Crippen molar-refractivity contribution in [1.29, 1.82) is 0 Å². The fourth-order valence-electron chi connectivity index (χ4n) is 2.68. The number of ether oxygens (including phenoxy) is 1. The number of hydrogen-bond donors (Lipinski definition) is 1. The van der Waals surface area contributed by atoms with Gasteiger partial charge in [-0.3, -0.25) is 14.3 Å². The smallest absolute Gasteiger partial charge is 0.330 e. The molecular formula is C19H28N2O3Si. The Hall–Kier alpha value is -1.92. The summed E-state index contributed by atoms with van der Waals surface area (Å²) in [5.74, 6) is 0. The first kappa shape index (κ1) is 19.4. The maximum absolute atomic E-state index is 12.3. The zero-order valence-electron chi connectivity index (χ0n) is 15.6. The predicted molar refractivity (Wildman–Crippen MR) is 104 cm³/mol. The van der Waals surface area contributed by atoms with Crippen molar-refractivity contribution in [2.75, 3.05) is 6.61 Å². The Labute approximate surface area is 149 Å². The Balaban J connectivity index is 2.30. The molecule has 0 amide bonds. The Morgan fingerprint density at radius 1 is 1.12 bits per heavy atom. The molecule has 0 radical (unpaired) electrons. The maximum atomic E-state index is 12.3. The minimum atomic E-state index is -1.18. The van der Waals surface area contributed by atoms with Gasteiger partial charge in [-0.15, -0.1) is 0 Å². The van der Waals surface area contributed by atoms with Crippen LogP contribution >= 0.6 is 0 Å². The largest absolute Gasteiger partial charge is 0.361 e. The third-order valence-corrected chi connectivity index (χ3v) is 5.90. The van der Waals surface area contributed by atoms with Crippen LogP contribution in [0.3, 0.4) is 0 Å². The highest BCUT2D eigenvalue weighted by Gasteiger charge is 2.16. The van der Waals surface area contributed by atoms with Gasteiger partial charge in [0.15, 0.2) is 0 Å². The number of benzene rings is 1. The van der Waals surface area contributed by atoms with Gasteiger partial charge in [0.05, 0.1) is 0 Å². The van der Waals surface area contributed by atoms with Crippen molar-refractivity contribution in [3.8, 4) is 0 Å². The first-order chi connectivity index (χ1) is 11.8. The van der Waals surface area contributed by atoms with Gasteiger partial charge in [-0.2, -0.15) is 0 Å². The normalized spacial score (nSPS) is 11.7. The second-order valence-electron chi connectivity index (χ2n) is 7.48. The minimum absolute atomic E-state index is 0.176. The van der Waals surface area contributed by atoms with Crippen LogP contribution in [-0.2, 0) is 24.3 Å². The van der Waals surface area contributed by atoms with Crippen LogP contribution in [0.1, 0.15) is 23.7 Å². The third kappa shape index (κ3) is 5.54. The van der Waals surface area contributed by atoms with E-state index in [0.29, 0.717) is 25.0 Å². The molecule has 0 bridgehead atoms. The number of aromatic nitrogens is 2. The van der Waals surface area contributed by atoms with Crippen LogP contribution in [0.4, 0.5) is 0 Å². The van der Waals surface area contributed by atoms with E-state index in [1.807, 2.05) is 37.3 Å². The summed E-state index contributed by atoms with van der Waals surface area (Å²) >= 11 is 0.